The van der Waals surface area contributed by atoms with Gasteiger partial charge in [-0.05, 0) is 56.2 Å². The SMILES string of the molecule is CC(C)(C)NC(=O)[C@@H](Cc1ccccc1)N(Cc1ccc(Br)cc1)C(=O)CN(c1ccc2c(c1)OCCO2)S(C)(=O)=O. The van der Waals surface area contributed by atoms with E-state index >= 15 is 0 Å². The fraction of sp³-hybridized carbons (Fsp3) is 0.355. The van der Waals surface area contributed by atoms with Crippen LogP contribution >= 0.6 is 15.9 Å². The van der Waals surface area contributed by atoms with Crippen LogP contribution in [0.25, 0.3) is 0 Å². The maximum atomic E-state index is 14.2. The minimum Gasteiger partial charge on any atom is -0.486 e. The lowest BCUT2D eigenvalue weighted by molar-refractivity contribution is -0.140. The molecule has 1 aliphatic rings. The Hall–Kier alpha value is -3.57. The second-order valence-electron chi connectivity index (χ2n) is 11.2. The first-order valence-electron chi connectivity index (χ1n) is 13.6. The molecule has 0 aromatic heterocycles. The molecule has 0 aliphatic carbocycles. The standard InChI is InChI=1S/C31H36BrN3O6S/c1-31(2,3)33-30(37)26(18-22-8-6-5-7-9-22)34(20-23-10-12-24(32)13-11-23)29(36)21-35(42(4,38)39)25-14-15-27-28(19-25)41-17-16-40-27/h5-15,19,26H,16-18,20-21H2,1-4H3,(H,33,37)/t26-/m1/s1. The molecule has 3 aromatic carbocycles. The summed E-state index contributed by atoms with van der Waals surface area (Å²) in [6.45, 7) is 5.93. The summed E-state index contributed by atoms with van der Waals surface area (Å²) < 4.78 is 39.2. The van der Waals surface area contributed by atoms with Crippen molar-refractivity contribution in [3.8, 4) is 11.5 Å². The van der Waals surface area contributed by atoms with Crippen molar-refractivity contribution in [1.82, 2.24) is 10.2 Å². The van der Waals surface area contributed by atoms with Crippen molar-refractivity contribution < 1.29 is 27.5 Å². The fourth-order valence-corrected chi connectivity index (χ4v) is 5.70. The third-order valence-corrected chi connectivity index (χ3v) is 8.20. The number of carbonyl (C=O) groups excluding carboxylic acids is 2. The van der Waals surface area contributed by atoms with E-state index in [1.165, 1.54) is 4.90 Å². The lowest BCUT2D eigenvalue weighted by Gasteiger charge is -2.35. The van der Waals surface area contributed by atoms with Crippen molar-refractivity contribution >= 4 is 43.5 Å². The van der Waals surface area contributed by atoms with E-state index in [1.54, 1.807) is 18.2 Å². The normalized spacial score (nSPS) is 13.6. The first-order valence-corrected chi connectivity index (χ1v) is 16.2. The number of halogens is 1. The van der Waals surface area contributed by atoms with Crippen molar-refractivity contribution in [2.45, 2.75) is 45.3 Å². The number of ether oxygens (including phenoxy) is 2. The molecule has 42 heavy (non-hydrogen) atoms. The van der Waals surface area contributed by atoms with Gasteiger partial charge in [-0.15, -0.1) is 0 Å². The van der Waals surface area contributed by atoms with Crippen molar-refractivity contribution in [2.24, 2.45) is 0 Å². The molecule has 2 amide bonds. The van der Waals surface area contributed by atoms with Gasteiger partial charge in [0, 0.05) is 29.0 Å². The lowest BCUT2D eigenvalue weighted by atomic mass is 10.0. The van der Waals surface area contributed by atoms with Gasteiger partial charge in [-0.25, -0.2) is 8.42 Å². The summed E-state index contributed by atoms with van der Waals surface area (Å²) in [4.78, 5) is 29.5. The van der Waals surface area contributed by atoms with Gasteiger partial charge in [0.2, 0.25) is 21.8 Å². The molecular weight excluding hydrogens is 622 g/mol. The van der Waals surface area contributed by atoms with E-state index in [2.05, 4.69) is 21.2 Å². The van der Waals surface area contributed by atoms with E-state index in [0.29, 0.717) is 24.7 Å². The summed E-state index contributed by atoms with van der Waals surface area (Å²) in [7, 11) is -3.90. The Bertz CT molecular complexity index is 1510. The minimum absolute atomic E-state index is 0.0971. The van der Waals surface area contributed by atoms with Crippen LogP contribution in [0.2, 0.25) is 0 Å². The topological polar surface area (TPSA) is 105 Å². The number of nitrogens with one attached hydrogen (secondary N) is 1. The Kier molecular flexibility index (Phi) is 9.83. The molecule has 11 heteroatoms. The maximum Gasteiger partial charge on any atom is 0.244 e. The molecule has 0 unspecified atom stereocenters. The highest BCUT2D eigenvalue weighted by Gasteiger charge is 2.34. The number of nitrogens with zero attached hydrogens (tertiary/aromatic N) is 2. The Morgan fingerprint density at radius 3 is 2.19 bits per heavy atom. The van der Waals surface area contributed by atoms with Gasteiger partial charge in [0.1, 0.15) is 25.8 Å². The number of hydrogen-bond acceptors (Lipinski definition) is 6. The number of benzene rings is 3. The predicted molar refractivity (Wildman–Crippen MR) is 166 cm³/mol. The summed E-state index contributed by atoms with van der Waals surface area (Å²) in [6, 6.07) is 20.7. The molecule has 0 saturated heterocycles. The molecule has 0 spiro atoms. The van der Waals surface area contributed by atoms with Gasteiger partial charge in [-0.1, -0.05) is 58.4 Å². The number of anilines is 1. The van der Waals surface area contributed by atoms with Crippen LogP contribution in [0.5, 0.6) is 11.5 Å². The lowest BCUT2D eigenvalue weighted by Crippen LogP contribution is -2.56. The van der Waals surface area contributed by atoms with Gasteiger partial charge in [-0.3, -0.25) is 13.9 Å². The highest BCUT2D eigenvalue weighted by Crippen LogP contribution is 2.35. The van der Waals surface area contributed by atoms with Crippen molar-refractivity contribution in [1.29, 1.82) is 0 Å². The average Bonchev–Trinajstić information content (AvgIpc) is 2.93. The first kappa shape index (κ1) is 31.4. The third kappa shape index (κ3) is 8.48. The van der Waals surface area contributed by atoms with Crippen LogP contribution in [0.4, 0.5) is 5.69 Å². The molecule has 4 rings (SSSR count). The first-order chi connectivity index (χ1) is 19.8. The molecule has 1 atom stereocenters. The number of amides is 2. The van der Waals surface area contributed by atoms with Gasteiger partial charge in [0.25, 0.3) is 0 Å². The van der Waals surface area contributed by atoms with Crippen molar-refractivity contribution in [2.75, 3.05) is 30.3 Å². The van der Waals surface area contributed by atoms with Crippen LogP contribution in [0.1, 0.15) is 31.9 Å². The van der Waals surface area contributed by atoms with Crippen molar-refractivity contribution in [3.63, 3.8) is 0 Å². The van der Waals surface area contributed by atoms with E-state index in [1.807, 2.05) is 75.4 Å². The van der Waals surface area contributed by atoms with Crippen LogP contribution in [-0.2, 0) is 32.6 Å². The van der Waals surface area contributed by atoms with Crippen LogP contribution < -0.4 is 19.1 Å². The molecule has 1 N–H and O–H groups in total. The van der Waals surface area contributed by atoms with E-state index < -0.39 is 34.1 Å². The molecular formula is C31H36BrN3O6S. The van der Waals surface area contributed by atoms with Crippen LogP contribution in [0, 0.1) is 0 Å². The Morgan fingerprint density at radius 1 is 0.929 bits per heavy atom. The molecule has 0 radical (unpaired) electrons. The van der Waals surface area contributed by atoms with E-state index in [-0.39, 0.29) is 24.6 Å². The molecule has 0 saturated carbocycles. The van der Waals surface area contributed by atoms with E-state index in [9.17, 15) is 18.0 Å². The number of sulfonamides is 1. The predicted octanol–water partition coefficient (Wildman–Crippen LogP) is 4.54. The van der Waals surface area contributed by atoms with Crippen LogP contribution in [0.15, 0.2) is 77.3 Å². The Labute approximate surface area is 256 Å². The summed E-state index contributed by atoms with van der Waals surface area (Å²) in [5, 5.41) is 3.02. The maximum absolute atomic E-state index is 14.2. The number of rotatable bonds is 10. The molecule has 0 fully saturated rings. The zero-order chi connectivity index (χ0) is 30.5. The number of fused-ring (bicyclic) bond motifs is 1. The third-order valence-electron chi connectivity index (χ3n) is 6.53. The highest BCUT2D eigenvalue weighted by atomic mass is 79.9. The second kappa shape index (κ2) is 13.2. The van der Waals surface area contributed by atoms with Gasteiger partial charge < -0.3 is 19.7 Å². The number of carbonyl (C=O) groups is 2. The largest absolute Gasteiger partial charge is 0.486 e. The molecule has 1 heterocycles. The fourth-order valence-electron chi connectivity index (χ4n) is 4.59. The minimum atomic E-state index is -3.90. The number of hydrogen-bond donors (Lipinski definition) is 1. The van der Waals surface area contributed by atoms with Gasteiger partial charge in [0.05, 0.1) is 11.9 Å². The summed E-state index contributed by atoms with van der Waals surface area (Å²) in [5.74, 6) is 0.0479. The average molecular weight is 659 g/mol. The van der Waals surface area contributed by atoms with Gasteiger partial charge in [0.15, 0.2) is 11.5 Å². The molecule has 1 aliphatic heterocycles. The Morgan fingerprint density at radius 2 is 1.57 bits per heavy atom. The van der Waals surface area contributed by atoms with Crippen LogP contribution in [0.3, 0.4) is 0 Å². The zero-order valence-corrected chi connectivity index (χ0v) is 26.6. The molecule has 0 bridgehead atoms. The highest BCUT2D eigenvalue weighted by molar-refractivity contribution is 9.10. The summed E-state index contributed by atoms with van der Waals surface area (Å²) >= 11 is 3.44. The quantitative estimate of drug-likeness (QED) is 0.343. The van der Waals surface area contributed by atoms with Crippen LogP contribution in [-0.4, -0.2) is 62.7 Å². The zero-order valence-electron chi connectivity index (χ0n) is 24.2. The van der Waals surface area contributed by atoms with E-state index in [4.69, 9.17) is 9.47 Å². The Balaban J connectivity index is 1.74. The van der Waals surface area contributed by atoms with Gasteiger partial charge in [-0.2, -0.15) is 0 Å². The van der Waals surface area contributed by atoms with Gasteiger partial charge >= 0.3 is 0 Å². The van der Waals surface area contributed by atoms with Crippen molar-refractivity contribution in [3.05, 3.63) is 88.4 Å². The summed E-state index contributed by atoms with van der Waals surface area (Å²) in [6.07, 6.45) is 1.29. The molecule has 224 valence electrons. The summed E-state index contributed by atoms with van der Waals surface area (Å²) in [5.41, 5.74) is 1.37. The second-order valence-corrected chi connectivity index (χ2v) is 14.0. The monoisotopic (exact) mass is 657 g/mol. The smallest absolute Gasteiger partial charge is 0.244 e. The molecule has 3 aromatic rings. The molecule has 9 nitrogen and oxygen atoms in total. The van der Waals surface area contributed by atoms with E-state index in [0.717, 1.165) is 26.2 Å².